The van der Waals surface area contributed by atoms with E-state index in [2.05, 4.69) is 31.2 Å². The van der Waals surface area contributed by atoms with Crippen LogP contribution in [0.25, 0.3) is 11.1 Å². The Kier molecular flexibility index (Phi) is 3.70. The molecule has 1 N–H and O–H groups in total. The first-order valence-electron chi connectivity index (χ1n) is 6.48. The van der Waals surface area contributed by atoms with Gasteiger partial charge in [0.15, 0.2) is 11.5 Å². The van der Waals surface area contributed by atoms with Crippen molar-refractivity contribution in [3.8, 4) is 0 Å². The summed E-state index contributed by atoms with van der Waals surface area (Å²) in [6, 6.07) is 8.80. The quantitative estimate of drug-likeness (QED) is 0.783. The predicted octanol–water partition coefficient (Wildman–Crippen LogP) is 3.80. The maximum Gasteiger partial charge on any atom is 0.274 e. The van der Waals surface area contributed by atoms with E-state index in [1.165, 1.54) is 0 Å². The van der Waals surface area contributed by atoms with Crippen LogP contribution in [0.4, 0.5) is 5.69 Å². The van der Waals surface area contributed by atoms with E-state index in [-0.39, 0.29) is 5.91 Å². The Labute approximate surface area is 129 Å². The molecule has 0 spiro atoms. The first kappa shape index (κ1) is 13.8. The van der Waals surface area contributed by atoms with Gasteiger partial charge < -0.3 is 9.73 Å². The number of fused-ring (bicyclic) bond motifs is 1. The Bertz CT molecular complexity index is 796. The van der Waals surface area contributed by atoms with Crippen LogP contribution in [0, 0.1) is 0 Å². The summed E-state index contributed by atoms with van der Waals surface area (Å²) in [4.78, 5) is 20.5. The van der Waals surface area contributed by atoms with Crippen LogP contribution in [0.1, 0.15) is 23.3 Å². The predicted molar refractivity (Wildman–Crippen MR) is 83.3 cm³/mol. The molecule has 0 radical (unpaired) electrons. The zero-order valence-electron chi connectivity index (χ0n) is 11.3. The van der Waals surface area contributed by atoms with Crippen LogP contribution >= 0.6 is 15.9 Å². The van der Waals surface area contributed by atoms with E-state index in [1.807, 2.05) is 6.92 Å². The molecule has 0 fully saturated rings. The van der Waals surface area contributed by atoms with Gasteiger partial charge >= 0.3 is 0 Å². The third-order valence-electron chi connectivity index (χ3n) is 2.95. The van der Waals surface area contributed by atoms with E-state index < -0.39 is 0 Å². The van der Waals surface area contributed by atoms with Crippen LogP contribution in [-0.2, 0) is 6.42 Å². The van der Waals surface area contributed by atoms with Gasteiger partial charge in [-0.05, 0) is 46.3 Å². The molecule has 1 amide bonds. The SMILES string of the molecule is CCc1nc2cc(NC(=O)c3ccc(Br)cn3)ccc2o1. The van der Waals surface area contributed by atoms with Crippen LogP contribution in [-0.4, -0.2) is 15.9 Å². The van der Waals surface area contributed by atoms with Crippen molar-refractivity contribution in [3.63, 3.8) is 0 Å². The molecule has 0 unspecified atom stereocenters. The van der Waals surface area contributed by atoms with E-state index in [0.29, 0.717) is 22.9 Å². The van der Waals surface area contributed by atoms with Crippen molar-refractivity contribution >= 4 is 38.6 Å². The standard InChI is InChI=1S/C15H12BrN3O2/c1-2-14-19-12-7-10(4-6-13(12)21-14)18-15(20)11-5-3-9(16)8-17-11/h3-8H,2H2,1H3,(H,18,20). The van der Waals surface area contributed by atoms with Gasteiger partial charge in [-0.25, -0.2) is 9.97 Å². The number of carbonyl (C=O) groups excluding carboxylic acids is 1. The number of nitrogens with one attached hydrogen (secondary N) is 1. The minimum atomic E-state index is -0.263. The first-order chi connectivity index (χ1) is 10.2. The normalized spacial score (nSPS) is 10.8. The fraction of sp³-hybridized carbons (Fsp3) is 0.133. The Hall–Kier alpha value is -2.21. The minimum absolute atomic E-state index is 0.263. The maximum absolute atomic E-state index is 12.1. The number of aromatic nitrogens is 2. The molecule has 5 nitrogen and oxygen atoms in total. The average molecular weight is 346 g/mol. The second-order valence-corrected chi connectivity index (χ2v) is 5.38. The van der Waals surface area contributed by atoms with Gasteiger partial charge in [0.25, 0.3) is 5.91 Å². The van der Waals surface area contributed by atoms with E-state index in [1.54, 1.807) is 36.5 Å². The highest BCUT2D eigenvalue weighted by atomic mass is 79.9. The van der Waals surface area contributed by atoms with Crippen molar-refractivity contribution in [2.24, 2.45) is 0 Å². The molecule has 0 bridgehead atoms. The molecule has 2 aromatic heterocycles. The average Bonchev–Trinajstić information content (AvgIpc) is 2.90. The second-order valence-electron chi connectivity index (χ2n) is 4.46. The molecule has 0 atom stereocenters. The van der Waals surface area contributed by atoms with Crippen molar-refractivity contribution in [2.75, 3.05) is 5.32 Å². The largest absolute Gasteiger partial charge is 0.441 e. The minimum Gasteiger partial charge on any atom is -0.441 e. The highest BCUT2D eigenvalue weighted by Crippen LogP contribution is 2.20. The van der Waals surface area contributed by atoms with Crippen LogP contribution in [0.5, 0.6) is 0 Å². The highest BCUT2D eigenvalue weighted by molar-refractivity contribution is 9.10. The molecular weight excluding hydrogens is 334 g/mol. The number of pyridine rings is 1. The molecule has 3 rings (SSSR count). The van der Waals surface area contributed by atoms with Crippen LogP contribution < -0.4 is 5.32 Å². The molecule has 0 aliphatic heterocycles. The van der Waals surface area contributed by atoms with E-state index in [0.717, 1.165) is 16.4 Å². The number of anilines is 1. The number of aryl methyl sites for hydroxylation is 1. The maximum atomic E-state index is 12.1. The van der Waals surface area contributed by atoms with Crippen LogP contribution in [0.3, 0.4) is 0 Å². The lowest BCUT2D eigenvalue weighted by atomic mass is 10.2. The van der Waals surface area contributed by atoms with Crippen molar-refractivity contribution < 1.29 is 9.21 Å². The number of rotatable bonds is 3. The summed E-state index contributed by atoms with van der Waals surface area (Å²) in [6.07, 6.45) is 2.32. The van der Waals surface area contributed by atoms with Gasteiger partial charge in [-0.2, -0.15) is 0 Å². The summed E-state index contributed by atoms with van der Waals surface area (Å²) >= 11 is 3.28. The fourth-order valence-electron chi connectivity index (χ4n) is 1.91. The number of carbonyl (C=O) groups is 1. The van der Waals surface area contributed by atoms with E-state index in [9.17, 15) is 4.79 Å². The molecule has 2 heterocycles. The van der Waals surface area contributed by atoms with Crippen molar-refractivity contribution in [1.29, 1.82) is 0 Å². The zero-order valence-corrected chi connectivity index (χ0v) is 12.8. The molecule has 6 heteroatoms. The number of nitrogens with zero attached hydrogens (tertiary/aromatic N) is 2. The number of amides is 1. The Morgan fingerprint density at radius 1 is 1.33 bits per heavy atom. The molecule has 21 heavy (non-hydrogen) atoms. The number of benzene rings is 1. The summed E-state index contributed by atoms with van der Waals surface area (Å²) in [5.41, 5.74) is 2.46. The molecule has 1 aromatic carbocycles. The van der Waals surface area contributed by atoms with Gasteiger partial charge in [0.1, 0.15) is 11.2 Å². The fourth-order valence-corrected chi connectivity index (χ4v) is 2.14. The molecule has 3 aromatic rings. The molecule has 0 saturated carbocycles. The third kappa shape index (κ3) is 2.95. The van der Waals surface area contributed by atoms with Gasteiger partial charge in [0.05, 0.1) is 0 Å². The Balaban J connectivity index is 1.83. The molecule has 106 valence electrons. The Morgan fingerprint density at radius 2 is 2.19 bits per heavy atom. The lowest BCUT2D eigenvalue weighted by molar-refractivity contribution is 0.102. The van der Waals surface area contributed by atoms with Gasteiger partial charge in [-0.3, -0.25) is 4.79 Å². The Morgan fingerprint density at radius 3 is 2.90 bits per heavy atom. The second kappa shape index (κ2) is 5.65. The van der Waals surface area contributed by atoms with Gasteiger partial charge in [0, 0.05) is 22.8 Å². The third-order valence-corrected chi connectivity index (χ3v) is 3.42. The van der Waals surface area contributed by atoms with Gasteiger partial charge in [-0.1, -0.05) is 6.92 Å². The summed E-state index contributed by atoms with van der Waals surface area (Å²) in [6.45, 7) is 1.98. The molecule has 0 saturated heterocycles. The number of hydrogen-bond donors (Lipinski definition) is 1. The van der Waals surface area contributed by atoms with Crippen molar-refractivity contribution in [3.05, 3.63) is 52.6 Å². The lowest BCUT2D eigenvalue weighted by Gasteiger charge is -2.04. The first-order valence-corrected chi connectivity index (χ1v) is 7.27. The molecular formula is C15H12BrN3O2. The molecule has 0 aliphatic carbocycles. The summed E-state index contributed by atoms with van der Waals surface area (Å²) in [5.74, 6) is 0.420. The van der Waals surface area contributed by atoms with E-state index in [4.69, 9.17) is 4.42 Å². The molecule has 0 aliphatic rings. The summed E-state index contributed by atoms with van der Waals surface area (Å²) in [7, 11) is 0. The lowest BCUT2D eigenvalue weighted by Crippen LogP contribution is -2.13. The topological polar surface area (TPSA) is 68.0 Å². The number of oxazole rings is 1. The zero-order chi connectivity index (χ0) is 14.8. The summed E-state index contributed by atoms with van der Waals surface area (Å²) < 4.78 is 6.36. The number of hydrogen-bond acceptors (Lipinski definition) is 4. The van der Waals surface area contributed by atoms with Gasteiger partial charge in [0.2, 0.25) is 0 Å². The highest BCUT2D eigenvalue weighted by Gasteiger charge is 2.09. The van der Waals surface area contributed by atoms with E-state index >= 15 is 0 Å². The smallest absolute Gasteiger partial charge is 0.274 e. The summed E-state index contributed by atoms with van der Waals surface area (Å²) in [5, 5.41) is 2.80. The van der Waals surface area contributed by atoms with Crippen molar-refractivity contribution in [2.45, 2.75) is 13.3 Å². The van der Waals surface area contributed by atoms with Crippen LogP contribution in [0.2, 0.25) is 0 Å². The monoisotopic (exact) mass is 345 g/mol. The van der Waals surface area contributed by atoms with Crippen molar-refractivity contribution in [1.82, 2.24) is 9.97 Å². The number of halogens is 1. The van der Waals surface area contributed by atoms with Gasteiger partial charge in [-0.15, -0.1) is 0 Å². The van der Waals surface area contributed by atoms with Crippen LogP contribution in [0.15, 0.2) is 45.4 Å².